The number of ketones is 1. The number of aliphatic hydroxyl groups is 1. The molecule has 6 aromatic rings. The van der Waals surface area contributed by atoms with Gasteiger partial charge in [0.25, 0.3) is 25.0 Å². The first-order chi connectivity index (χ1) is 36.4. The molecule has 10 heteroatoms. The number of hydrogen-bond acceptors (Lipinski definition) is 7. The SMILES string of the molecule is C[C@@H](CO[Si](c1ccccc1)(c1ccccc1)C(C)(C)C)C1CCCC2(CC[C@@H](C(=O)[C@](C)(O)CC(C)(CO[Si](c3ccccc3)(c3ccccc3)C(C)(C)C)CO[Si](c3ccccc3)(c3ccccc3)C(C)(C)C)O2)O1. The normalized spacial score (nSPS) is 20.2. The number of rotatable bonds is 20. The van der Waals surface area contributed by atoms with E-state index in [2.05, 4.69) is 258 Å². The Labute approximate surface area is 465 Å². The number of ether oxygens (including phenoxy) is 2. The van der Waals surface area contributed by atoms with Crippen molar-refractivity contribution in [3.8, 4) is 0 Å². The lowest BCUT2D eigenvalue weighted by atomic mass is 9.77. The minimum atomic E-state index is -3.09. The first kappa shape index (κ1) is 58.5. The zero-order valence-corrected chi connectivity index (χ0v) is 51.3. The standard InChI is InChI=1S/C67H88O7Si3/c1-52(48-70-75(62(2,3)4,53-32-19-13-20-33-53)54-34-21-14-22-35-54)59-44-31-46-67(73-59)47-45-60(74-67)61(68)66(12,69)49-65(11,50-71-76(63(5,6)7,55-36-23-15-24-37-55)56-38-25-16-26-39-56)51-72-77(64(8,9)10,57-40-27-17-28-41-57)58-42-29-18-30-43-58/h13-30,32-43,52,59-60,69H,31,44-51H2,1-12H3/t52-,59?,60-,66+,67?/m0/s1. The van der Waals surface area contributed by atoms with Crippen molar-refractivity contribution in [2.24, 2.45) is 11.3 Å². The first-order valence-corrected chi connectivity index (χ1v) is 34.0. The smallest absolute Gasteiger partial charge is 0.261 e. The van der Waals surface area contributed by atoms with E-state index in [0.29, 0.717) is 25.9 Å². The summed E-state index contributed by atoms with van der Waals surface area (Å²) in [6, 6.07) is 64.2. The number of hydrogen-bond donors (Lipinski definition) is 1. The molecule has 2 aliphatic heterocycles. The fraction of sp³-hybridized carbons (Fsp3) is 0.448. The highest BCUT2D eigenvalue weighted by molar-refractivity contribution is 7.00. The molecule has 2 unspecified atom stereocenters. The predicted molar refractivity (Wildman–Crippen MR) is 324 cm³/mol. The number of benzene rings is 6. The lowest BCUT2D eigenvalue weighted by Gasteiger charge is -2.48. The molecule has 5 atom stereocenters. The molecule has 1 N–H and O–H groups in total. The molecule has 77 heavy (non-hydrogen) atoms. The molecular formula is C67H88O7Si3. The van der Waals surface area contributed by atoms with Crippen molar-refractivity contribution in [3.05, 3.63) is 182 Å². The molecule has 2 saturated heterocycles. The Morgan fingerprint density at radius 3 is 1.16 bits per heavy atom. The molecule has 6 aromatic carbocycles. The first-order valence-electron chi connectivity index (χ1n) is 28.3. The van der Waals surface area contributed by atoms with Crippen LogP contribution in [-0.4, -0.2) is 79.3 Å². The molecule has 0 radical (unpaired) electrons. The third-order valence-corrected chi connectivity index (χ3v) is 31.8. The molecule has 1 spiro atoms. The topological polar surface area (TPSA) is 83.5 Å². The number of Topliss-reactive ketones (excluding diaryl/α,β-unsaturated/α-hetero) is 1. The molecule has 2 fully saturated rings. The predicted octanol–water partition coefficient (Wildman–Crippen LogP) is 11.5. The zero-order chi connectivity index (χ0) is 55.4. The number of carbonyl (C=O) groups excluding carboxylic acids is 1. The van der Waals surface area contributed by atoms with Crippen molar-refractivity contribution < 1.29 is 32.7 Å². The molecule has 0 bridgehead atoms. The third kappa shape index (κ3) is 12.0. The molecule has 7 nitrogen and oxygen atoms in total. The van der Waals surface area contributed by atoms with Gasteiger partial charge in [0, 0.05) is 44.0 Å². The van der Waals surface area contributed by atoms with E-state index in [1.165, 1.54) is 10.4 Å². The Hall–Kier alpha value is -4.60. The summed E-state index contributed by atoms with van der Waals surface area (Å²) in [5.41, 5.74) is -2.68. The van der Waals surface area contributed by atoms with Crippen molar-refractivity contribution in [2.75, 3.05) is 19.8 Å². The summed E-state index contributed by atoms with van der Waals surface area (Å²) < 4.78 is 37.0. The van der Waals surface area contributed by atoms with Gasteiger partial charge in [-0.15, -0.1) is 0 Å². The summed E-state index contributed by atoms with van der Waals surface area (Å²) >= 11 is 0. The lowest BCUT2D eigenvalue weighted by Crippen LogP contribution is -2.68. The van der Waals surface area contributed by atoms with E-state index >= 15 is 4.79 Å². The molecule has 2 heterocycles. The Balaban J connectivity index is 1.08. The van der Waals surface area contributed by atoms with Gasteiger partial charge in [0.15, 0.2) is 11.6 Å². The van der Waals surface area contributed by atoms with Crippen molar-refractivity contribution in [1.29, 1.82) is 0 Å². The molecule has 410 valence electrons. The average molecular weight is 1090 g/mol. The maximum absolute atomic E-state index is 15.3. The lowest BCUT2D eigenvalue weighted by molar-refractivity contribution is -0.277. The van der Waals surface area contributed by atoms with E-state index in [1.807, 2.05) is 0 Å². The van der Waals surface area contributed by atoms with Gasteiger partial charge in [-0.25, -0.2) is 0 Å². The van der Waals surface area contributed by atoms with Crippen LogP contribution >= 0.6 is 0 Å². The van der Waals surface area contributed by atoms with Crippen LogP contribution in [0, 0.1) is 11.3 Å². The van der Waals surface area contributed by atoms with Gasteiger partial charge in [0.2, 0.25) is 0 Å². The highest BCUT2D eigenvalue weighted by atomic mass is 28.4. The molecule has 0 amide bonds. The van der Waals surface area contributed by atoms with Crippen LogP contribution in [0.15, 0.2) is 182 Å². The van der Waals surface area contributed by atoms with Gasteiger partial charge in [-0.1, -0.05) is 258 Å². The molecule has 0 saturated carbocycles. The van der Waals surface area contributed by atoms with E-state index in [9.17, 15) is 5.11 Å². The zero-order valence-electron chi connectivity index (χ0n) is 48.3. The van der Waals surface area contributed by atoms with Crippen LogP contribution in [0.4, 0.5) is 0 Å². The van der Waals surface area contributed by atoms with E-state index in [-0.39, 0.29) is 52.6 Å². The quantitative estimate of drug-likeness (QED) is 0.0763. The monoisotopic (exact) mass is 1090 g/mol. The summed E-state index contributed by atoms with van der Waals surface area (Å²) in [5.74, 6) is -1.19. The average Bonchev–Trinajstić information content (AvgIpc) is 3.81. The van der Waals surface area contributed by atoms with Crippen LogP contribution in [0.1, 0.15) is 122 Å². The van der Waals surface area contributed by atoms with Crippen LogP contribution in [0.2, 0.25) is 15.1 Å². The molecule has 2 aliphatic rings. The van der Waals surface area contributed by atoms with Crippen molar-refractivity contribution in [1.82, 2.24) is 0 Å². The largest absolute Gasteiger partial charge is 0.407 e. The van der Waals surface area contributed by atoms with Crippen LogP contribution in [-0.2, 0) is 27.5 Å². The second-order valence-electron chi connectivity index (χ2n) is 26.1. The fourth-order valence-corrected chi connectivity index (χ4v) is 27.3. The second kappa shape index (κ2) is 23.2. The highest BCUT2D eigenvalue weighted by Crippen LogP contribution is 2.46. The van der Waals surface area contributed by atoms with E-state index in [0.717, 1.165) is 33.6 Å². The van der Waals surface area contributed by atoms with Crippen molar-refractivity contribution in [2.45, 2.75) is 160 Å². The van der Waals surface area contributed by atoms with Crippen LogP contribution < -0.4 is 31.1 Å². The van der Waals surface area contributed by atoms with Gasteiger partial charge < -0.3 is 27.9 Å². The van der Waals surface area contributed by atoms with Crippen molar-refractivity contribution >= 4 is 61.9 Å². The number of carbonyl (C=O) groups is 1. The summed E-state index contributed by atoms with van der Waals surface area (Å²) in [7, 11) is -8.96. The van der Waals surface area contributed by atoms with Gasteiger partial charge in [-0.05, 0) is 78.8 Å². The fourth-order valence-electron chi connectivity index (χ4n) is 13.2. The maximum Gasteiger partial charge on any atom is 0.261 e. The molecule has 0 aliphatic carbocycles. The summed E-state index contributed by atoms with van der Waals surface area (Å²) in [4.78, 5) is 15.3. The molecule has 8 rings (SSSR count). The third-order valence-electron chi connectivity index (χ3n) is 16.9. The second-order valence-corrected chi connectivity index (χ2v) is 39.0. The van der Waals surface area contributed by atoms with Gasteiger partial charge >= 0.3 is 0 Å². The van der Waals surface area contributed by atoms with Crippen LogP contribution in [0.3, 0.4) is 0 Å². The summed E-state index contributed by atoms with van der Waals surface area (Å²) in [6.07, 6.45) is 2.62. The Morgan fingerprint density at radius 1 is 0.506 bits per heavy atom. The van der Waals surface area contributed by atoms with E-state index in [1.54, 1.807) is 6.92 Å². The van der Waals surface area contributed by atoms with Crippen LogP contribution in [0.25, 0.3) is 0 Å². The van der Waals surface area contributed by atoms with Gasteiger partial charge in [0.05, 0.1) is 6.10 Å². The van der Waals surface area contributed by atoms with Gasteiger partial charge in [-0.2, -0.15) is 0 Å². The van der Waals surface area contributed by atoms with Gasteiger partial charge in [-0.3, -0.25) is 4.79 Å². The Kier molecular flexibility index (Phi) is 17.7. The van der Waals surface area contributed by atoms with E-state index < -0.39 is 47.9 Å². The molecule has 0 aromatic heterocycles. The Morgan fingerprint density at radius 2 is 0.831 bits per heavy atom. The summed E-state index contributed by atoms with van der Waals surface area (Å²) in [6.45, 7) is 27.7. The van der Waals surface area contributed by atoms with Crippen LogP contribution in [0.5, 0.6) is 0 Å². The van der Waals surface area contributed by atoms with E-state index in [4.69, 9.17) is 22.8 Å². The Bertz CT molecular complexity index is 2590. The minimum Gasteiger partial charge on any atom is -0.407 e. The van der Waals surface area contributed by atoms with Crippen molar-refractivity contribution in [3.63, 3.8) is 0 Å². The van der Waals surface area contributed by atoms with Gasteiger partial charge in [0.1, 0.15) is 11.7 Å². The molecular weight excluding hydrogens is 1000 g/mol. The highest BCUT2D eigenvalue weighted by Gasteiger charge is 2.57. The minimum absolute atomic E-state index is 0.0575. The summed E-state index contributed by atoms with van der Waals surface area (Å²) in [5, 5.41) is 19.4. The maximum atomic E-state index is 15.3.